The highest BCUT2D eigenvalue weighted by Crippen LogP contribution is 2.15. The van der Waals surface area contributed by atoms with Crippen molar-refractivity contribution in [3.05, 3.63) is 0 Å². The second kappa shape index (κ2) is 7.97. The van der Waals surface area contributed by atoms with Crippen LogP contribution in [0.4, 0.5) is 0 Å². The van der Waals surface area contributed by atoms with Crippen molar-refractivity contribution >= 4 is 36.0 Å². The third-order valence-corrected chi connectivity index (χ3v) is 4.59. The standard InChI is InChI=1S/C12H21N3O2S.ClH/c1-2-10-12(17)14-3-5-15(10)11(16)7-9-8-18-6-4-13-9;/h9-10,13H,2-8H2,1H3,(H,14,17);1H. The lowest BCUT2D eigenvalue weighted by Gasteiger charge is -2.35. The molecule has 2 rings (SSSR count). The van der Waals surface area contributed by atoms with Crippen LogP contribution in [0.5, 0.6) is 0 Å². The lowest BCUT2D eigenvalue weighted by atomic mass is 10.1. The smallest absolute Gasteiger partial charge is 0.242 e. The minimum Gasteiger partial charge on any atom is -0.353 e. The Morgan fingerprint density at radius 3 is 2.89 bits per heavy atom. The second-order valence-corrected chi connectivity index (χ2v) is 5.88. The van der Waals surface area contributed by atoms with Gasteiger partial charge in [0.05, 0.1) is 0 Å². The van der Waals surface area contributed by atoms with Crippen molar-refractivity contribution in [1.82, 2.24) is 15.5 Å². The molecule has 110 valence electrons. The predicted octanol–water partition coefficient (Wildman–Crippen LogP) is 0.240. The van der Waals surface area contributed by atoms with Gasteiger partial charge in [0.15, 0.2) is 0 Å². The SMILES string of the molecule is CCC1C(=O)NCCN1C(=O)CC1CSCCN1.Cl. The number of carbonyl (C=O) groups is 2. The molecule has 2 fully saturated rings. The van der Waals surface area contributed by atoms with E-state index < -0.39 is 0 Å². The van der Waals surface area contributed by atoms with Crippen LogP contribution in [0, 0.1) is 0 Å². The molecule has 5 nitrogen and oxygen atoms in total. The molecule has 2 N–H and O–H groups in total. The molecular formula is C12H22ClN3O2S. The Morgan fingerprint density at radius 1 is 1.47 bits per heavy atom. The van der Waals surface area contributed by atoms with Crippen molar-refractivity contribution in [2.24, 2.45) is 0 Å². The van der Waals surface area contributed by atoms with Crippen LogP contribution in [0.15, 0.2) is 0 Å². The summed E-state index contributed by atoms with van der Waals surface area (Å²) in [5, 5.41) is 6.18. The third kappa shape index (κ3) is 4.26. The molecule has 2 amide bonds. The number of nitrogens with zero attached hydrogens (tertiary/aromatic N) is 1. The number of nitrogens with one attached hydrogen (secondary N) is 2. The quantitative estimate of drug-likeness (QED) is 0.784. The lowest BCUT2D eigenvalue weighted by Crippen LogP contribution is -2.57. The molecule has 19 heavy (non-hydrogen) atoms. The molecule has 2 saturated heterocycles. The van der Waals surface area contributed by atoms with E-state index in [9.17, 15) is 9.59 Å². The lowest BCUT2D eigenvalue weighted by molar-refractivity contribution is -0.143. The monoisotopic (exact) mass is 307 g/mol. The number of carbonyl (C=O) groups excluding carboxylic acids is 2. The highest BCUT2D eigenvalue weighted by Gasteiger charge is 2.32. The van der Waals surface area contributed by atoms with Crippen molar-refractivity contribution in [2.75, 3.05) is 31.1 Å². The van der Waals surface area contributed by atoms with Crippen LogP contribution >= 0.6 is 24.2 Å². The van der Waals surface area contributed by atoms with Gasteiger partial charge in [-0.25, -0.2) is 0 Å². The number of rotatable bonds is 3. The van der Waals surface area contributed by atoms with Crippen molar-refractivity contribution in [2.45, 2.75) is 31.8 Å². The Balaban J connectivity index is 0.00000180. The van der Waals surface area contributed by atoms with Gasteiger partial charge in [-0.1, -0.05) is 6.92 Å². The number of thioether (sulfide) groups is 1. The van der Waals surface area contributed by atoms with Crippen LogP contribution in [0.2, 0.25) is 0 Å². The van der Waals surface area contributed by atoms with E-state index in [0.29, 0.717) is 25.9 Å². The van der Waals surface area contributed by atoms with Gasteiger partial charge in [-0.3, -0.25) is 9.59 Å². The van der Waals surface area contributed by atoms with E-state index in [2.05, 4.69) is 10.6 Å². The third-order valence-electron chi connectivity index (χ3n) is 3.46. The number of piperazine rings is 1. The summed E-state index contributed by atoms with van der Waals surface area (Å²) in [6, 6.07) is -0.0127. The molecule has 2 unspecified atom stereocenters. The number of hydrogen-bond donors (Lipinski definition) is 2. The second-order valence-electron chi connectivity index (χ2n) is 4.73. The largest absolute Gasteiger partial charge is 0.353 e. The molecule has 0 bridgehead atoms. The van der Waals surface area contributed by atoms with Gasteiger partial charge in [0, 0.05) is 43.6 Å². The molecule has 0 aromatic heterocycles. The predicted molar refractivity (Wildman–Crippen MR) is 79.8 cm³/mol. The van der Waals surface area contributed by atoms with Gasteiger partial charge >= 0.3 is 0 Å². The van der Waals surface area contributed by atoms with E-state index in [1.807, 2.05) is 18.7 Å². The molecule has 2 atom stereocenters. The molecule has 0 saturated carbocycles. The summed E-state index contributed by atoms with van der Waals surface area (Å²) in [6.45, 7) is 4.14. The average molecular weight is 308 g/mol. The maximum atomic E-state index is 12.3. The molecule has 0 spiro atoms. The van der Waals surface area contributed by atoms with Gasteiger partial charge in [-0.05, 0) is 6.42 Å². The summed E-state index contributed by atoms with van der Waals surface area (Å²) in [5.74, 6) is 2.21. The first-order chi connectivity index (χ1) is 8.72. The molecule has 0 aliphatic carbocycles. The van der Waals surface area contributed by atoms with Crippen molar-refractivity contribution in [3.63, 3.8) is 0 Å². The van der Waals surface area contributed by atoms with E-state index in [1.54, 1.807) is 4.90 Å². The maximum Gasteiger partial charge on any atom is 0.242 e. The summed E-state index contributed by atoms with van der Waals surface area (Å²) < 4.78 is 0. The molecule has 2 aliphatic heterocycles. The van der Waals surface area contributed by atoms with Crippen LogP contribution in [-0.4, -0.2) is 59.9 Å². The molecule has 7 heteroatoms. The highest BCUT2D eigenvalue weighted by atomic mass is 35.5. The molecular weight excluding hydrogens is 286 g/mol. The summed E-state index contributed by atoms with van der Waals surface area (Å²) in [7, 11) is 0. The van der Waals surface area contributed by atoms with Crippen LogP contribution in [-0.2, 0) is 9.59 Å². The summed E-state index contributed by atoms with van der Waals surface area (Å²) >= 11 is 1.89. The van der Waals surface area contributed by atoms with Crippen LogP contribution in [0.1, 0.15) is 19.8 Å². The van der Waals surface area contributed by atoms with Crippen molar-refractivity contribution in [3.8, 4) is 0 Å². The first-order valence-electron chi connectivity index (χ1n) is 6.60. The van der Waals surface area contributed by atoms with E-state index >= 15 is 0 Å². The fourth-order valence-corrected chi connectivity index (χ4v) is 3.45. The van der Waals surface area contributed by atoms with Gasteiger partial charge in [0.25, 0.3) is 0 Å². The summed E-state index contributed by atoms with van der Waals surface area (Å²) in [5.41, 5.74) is 0. The van der Waals surface area contributed by atoms with Gasteiger partial charge in [-0.2, -0.15) is 11.8 Å². The van der Waals surface area contributed by atoms with E-state index in [4.69, 9.17) is 0 Å². The van der Waals surface area contributed by atoms with E-state index in [1.165, 1.54) is 0 Å². The van der Waals surface area contributed by atoms with Gasteiger partial charge in [0.2, 0.25) is 11.8 Å². The fourth-order valence-electron chi connectivity index (χ4n) is 2.50. The first-order valence-corrected chi connectivity index (χ1v) is 7.76. The molecule has 0 radical (unpaired) electrons. The summed E-state index contributed by atoms with van der Waals surface area (Å²) in [4.78, 5) is 25.7. The number of hydrogen-bond acceptors (Lipinski definition) is 4. The van der Waals surface area contributed by atoms with Crippen molar-refractivity contribution < 1.29 is 9.59 Å². The van der Waals surface area contributed by atoms with Gasteiger partial charge < -0.3 is 15.5 Å². The first kappa shape index (κ1) is 16.6. The van der Waals surface area contributed by atoms with Crippen molar-refractivity contribution in [1.29, 1.82) is 0 Å². The Bertz CT molecular complexity index is 324. The summed E-state index contributed by atoms with van der Waals surface area (Å²) in [6.07, 6.45) is 1.20. The van der Waals surface area contributed by atoms with E-state index in [0.717, 1.165) is 18.1 Å². The molecule has 2 aliphatic rings. The topological polar surface area (TPSA) is 61.4 Å². The normalized spacial score (nSPS) is 27.4. The van der Waals surface area contributed by atoms with Gasteiger partial charge in [0.1, 0.15) is 6.04 Å². The van der Waals surface area contributed by atoms with Gasteiger partial charge in [-0.15, -0.1) is 12.4 Å². The Morgan fingerprint density at radius 2 is 2.26 bits per heavy atom. The number of amides is 2. The maximum absolute atomic E-state index is 12.3. The Labute approximate surface area is 124 Å². The Kier molecular flexibility index (Phi) is 6.96. The van der Waals surface area contributed by atoms with E-state index in [-0.39, 0.29) is 36.3 Å². The fraction of sp³-hybridized carbons (Fsp3) is 0.833. The molecule has 0 aromatic carbocycles. The Hall–Kier alpha value is -0.460. The minimum absolute atomic E-state index is 0. The zero-order valence-corrected chi connectivity index (χ0v) is 12.8. The van der Waals surface area contributed by atoms with Crippen LogP contribution < -0.4 is 10.6 Å². The average Bonchev–Trinajstić information content (AvgIpc) is 2.39. The zero-order valence-electron chi connectivity index (χ0n) is 11.2. The minimum atomic E-state index is -0.275. The number of halogens is 1. The highest BCUT2D eigenvalue weighted by molar-refractivity contribution is 7.99. The molecule has 2 heterocycles. The van der Waals surface area contributed by atoms with Crippen LogP contribution in [0.25, 0.3) is 0 Å². The van der Waals surface area contributed by atoms with Crippen LogP contribution in [0.3, 0.4) is 0 Å². The molecule has 0 aromatic rings. The zero-order chi connectivity index (χ0) is 13.0.